The van der Waals surface area contributed by atoms with Gasteiger partial charge in [0.15, 0.2) is 6.79 Å². The molecular formula is C12H14FNO3. The molecule has 0 bridgehead atoms. The summed E-state index contributed by atoms with van der Waals surface area (Å²) in [6.45, 7) is 1.46. The van der Waals surface area contributed by atoms with Crippen molar-refractivity contribution >= 4 is 11.6 Å². The lowest BCUT2D eigenvalue weighted by Crippen LogP contribution is -2.18. The van der Waals surface area contributed by atoms with E-state index in [0.29, 0.717) is 11.3 Å². The zero-order chi connectivity index (χ0) is 12.7. The number of benzene rings is 1. The summed E-state index contributed by atoms with van der Waals surface area (Å²) in [6.07, 6.45) is 1.36. The molecule has 1 aromatic rings. The summed E-state index contributed by atoms with van der Waals surface area (Å²) in [4.78, 5) is 11.0. The highest BCUT2D eigenvalue weighted by Gasteiger charge is 2.04. The number of hydrogen-bond donors (Lipinski definition) is 1. The van der Waals surface area contributed by atoms with Gasteiger partial charge in [0.05, 0.1) is 5.70 Å². The molecule has 92 valence electrons. The third-order valence-electron chi connectivity index (χ3n) is 1.85. The second-order valence-electron chi connectivity index (χ2n) is 3.29. The smallest absolute Gasteiger partial charge is 0.221 e. The Hall–Kier alpha value is -1.88. The minimum Gasteiger partial charge on any atom is -0.473 e. The molecule has 0 spiro atoms. The van der Waals surface area contributed by atoms with E-state index in [2.05, 4.69) is 5.32 Å². The van der Waals surface area contributed by atoms with Crippen LogP contribution < -0.4 is 5.32 Å². The van der Waals surface area contributed by atoms with E-state index in [4.69, 9.17) is 9.47 Å². The van der Waals surface area contributed by atoms with Gasteiger partial charge in [-0.15, -0.1) is 0 Å². The summed E-state index contributed by atoms with van der Waals surface area (Å²) in [7, 11) is 1.49. The molecule has 0 saturated heterocycles. The van der Waals surface area contributed by atoms with Gasteiger partial charge in [-0.2, -0.15) is 0 Å². The Labute approximate surface area is 99.0 Å². The fourth-order valence-corrected chi connectivity index (χ4v) is 1.17. The fraction of sp³-hybridized carbons (Fsp3) is 0.250. The summed E-state index contributed by atoms with van der Waals surface area (Å²) >= 11 is 0. The lowest BCUT2D eigenvalue weighted by molar-refractivity contribution is -0.117. The van der Waals surface area contributed by atoms with Gasteiger partial charge in [-0.25, -0.2) is 4.39 Å². The standard InChI is InChI=1S/C12H14FNO3/c1-9(15)14-12(7-17-8-16-2)10-3-5-11(13)6-4-10/h3-7H,8H2,1-2H3,(H,14,15). The molecule has 0 aromatic heterocycles. The van der Waals surface area contributed by atoms with Gasteiger partial charge in [-0.05, 0) is 24.3 Å². The minimum absolute atomic E-state index is 0.0737. The topological polar surface area (TPSA) is 47.6 Å². The Balaban J connectivity index is 2.85. The Morgan fingerprint density at radius 3 is 2.59 bits per heavy atom. The van der Waals surface area contributed by atoms with Gasteiger partial charge in [0.1, 0.15) is 12.1 Å². The number of carbonyl (C=O) groups is 1. The first-order chi connectivity index (χ1) is 8.13. The maximum atomic E-state index is 12.8. The van der Waals surface area contributed by atoms with Gasteiger partial charge >= 0.3 is 0 Å². The summed E-state index contributed by atoms with van der Waals surface area (Å²) in [5.74, 6) is -0.574. The molecule has 5 heteroatoms. The van der Waals surface area contributed by atoms with Crippen molar-refractivity contribution in [2.75, 3.05) is 13.9 Å². The lowest BCUT2D eigenvalue weighted by atomic mass is 10.1. The third-order valence-corrected chi connectivity index (χ3v) is 1.85. The number of hydrogen-bond acceptors (Lipinski definition) is 3. The molecule has 0 heterocycles. The summed E-state index contributed by atoms with van der Waals surface area (Å²) in [5, 5.41) is 2.59. The molecule has 17 heavy (non-hydrogen) atoms. The van der Waals surface area contributed by atoms with E-state index < -0.39 is 0 Å². The van der Waals surface area contributed by atoms with Crippen LogP contribution in [-0.4, -0.2) is 19.8 Å². The van der Waals surface area contributed by atoms with Gasteiger partial charge in [0.25, 0.3) is 0 Å². The SMILES string of the molecule is COCOC=C(NC(C)=O)c1ccc(F)cc1. The highest BCUT2D eigenvalue weighted by Crippen LogP contribution is 2.12. The molecule has 0 saturated carbocycles. The molecule has 4 nitrogen and oxygen atoms in total. The van der Waals surface area contributed by atoms with Gasteiger partial charge < -0.3 is 14.8 Å². The van der Waals surface area contributed by atoms with E-state index in [1.807, 2.05) is 0 Å². The zero-order valence-corrected chi connectivity index (χ0v) is 9.70. The van der Waals surface area contributed by atoms with E-state index in [1.54, 1.807) is 12.1 Å². The van der Waals surface area contributed by atoms with Crippen molar-refractivity contribution in [3.8, 4) is 0 Å². The number of carbonyl (C=O) groups excluding carboxylic acids is 1. The minimum atomic E-state index is -0.339. The van der Waals surface area contributed by atoms with Crippen LogP contribution in [0.3, 0.4) is 0 Å². The van der Waals surface area contributed by atoms with Crippen molar-refractivity contribution in [3.05, 3.63) is 41.9 Å². The van der Waals surface area contributed by atoms with E-state index in [9.17, 15) is 9.18 Å². The summed E-state index contributed by atoms with van der Waals surface area (Å²) in [6, 6.07) is 5.71. The molecule has 0 radical (unpaired) electrons. The highest BCUT2D eigenvalue weighted by atomic mass is 19.1. The van der Waals surface area contributed by atoms with Crippen molar-refractivity contribution in [2.24, 2.45) is 0 Å². The molecule has 0 unspecified atom stereocenters. The number of amides is 1. The Kier molecular flexibility index (Phi) is 5.16. The van der Waals surface area contributed by atoms with Gasteiger partial charge in [0.2, 0.25) is 5.91 Å². The van der Waals surface area contributed by atoms with Crippen molar-refractivity contribution in [1.82, 2.24) is 5.32 Å². The normalized spacial score (nSPS) is 11.1. The maximum absolute atomic E-state index is 12.8. The number of nitrogens with one attached hydrogen (secondary N) is 1. The van der Waals surface area contributed by atoms with Crippen molar-refractivity contribution in [1.29, 1.82) is 0 Å². The number of methoxy groups -OCH3 is 1. The second-order valence-corrected chi connectivity index (χ2v) is 3.29. The highest BCUT2D eigenvalue weighted by molar-refractivity contribution is 5.84. The number of rotatable bonds is 5. The molecule has 1 rings (SSSR count). The molecule has 0 aliphatic carbocycles. The van der Waals surface area contributed by atoms with E-state index in [1.165, 1.54) is 32.4 Å². The Morgan fingerprint density at radius 2 is 2.06 bits per heavy atom. The Bertz CT molecular complexity index is 401. The summed E-state index contributed by atoms with van der Waals surface area (Å²) < 4.78 is 22.5. The predicted octanol–water partition coefficient (Wildman–Crippen LogP) is 1.88. The second kappa shape index (κ2) is 6.65. The van der Waals surface area contributed by atoms with Gasteiger partial charge in [-0.1, -0.05) is 0 Å². The average molecular weight is 239 g/mol. The average Bonchev–Trinajstić information content (AvgIpc) is 2.28. The first-order valence-electron chi connectivity index (χ1n) is 4.97. The molecule has 0 aliphatic rings. The van der Waals surface area contributed by atoms with Crippen molar-refractivity contribution in [3.63, 3.8) is 0 Å². The molecule has 0 atom stereocenters. The van der Waals surface area contributed by atoms with E-state index in [0.717, 1.165) is 0 Å². The van der Waals surface area contributed by atoms with Crippen LogP contribution in [0.15, 0.2) is 30.5 Å². The molecule has 0 aliphatic heterocycles. The van der Waals surface area contributed by atoms with Crippen LogP contribution in [0, 0.1) is 5.82 Å². The van der Waals surface area contributed by atoms with Gasteiger partial charge in [0, 0.05) is 19.6 Å². The molecule has 1 N–H and O–H groups in total. The largest absolute Gasteiger partial charge is 0.473 e. The Morgan fingerprint density at radius 1 is 1.41 bits per heavy atom. The zero-order valence-electron chi connectivity index (χ0n) is 9.70. The quantitative estimate of drug-likeness (QED) is 0.485. The first-order valence-corrected chi connectivity index (χ1v) is 4.97. The summed E-state index contributed by atoms with van der Waals surface area (Å²) in [5.41, 5.74) is 1.10. The van der Waals surface area contributed by atoms with E-state index in [-0.39, 0.29) is 18.5 Å². The van der Waals surface area contributed by atoms with E-state index >= 15 is 0 Å². The third kappa shape index (κ3) is 4.65. The van der Waals surface area contributed by atoms with Crippen LogP contribution in [0.1, 0.15) is 12.5 Å². The van der Waals surface area contributed by atoms with Crippen LogP contribution in [0.25, 0.3) is 5.70 Å². The molecule has 0 fully saturated rings. The number of ether oxygens (including phenoxy) is 2. The lowest BCUT2D eigenvalue weighted by Gasteiger charge is -2.08. The van der Waals surface area contributed by atoms with Crippen molar-refractivity contribution < 1.29 is 18.7 Å². The monoisotopic (exact) mass is 239 g/mol. The molecule has 1 amide bonds. The van der Waals surface area contributed by atoms with Gasteiger partial charge in [-0.3, -0.25) is 4.79 Å². The molecular weight excluding hydrogens is 225 g/mol. The van der Waals surface area contributed by atoms with Crippen LogP contribution >= 0.6 is 0 Å². The first kappa shape index (κ1) is 13.2. The maximum Gasteiger partial charge on any atom is 0.221 e. The predicted molar refractivity (Wildman–Crippen MR) is 61.2 cm³/mol. The van der Waals surface area contributed by atoms with Crippen LogP contribution in [-0.2, 0) is 14.3 Å². The van der Waals surface area contributed by atoms with Crippen LogP contribution in [0.2, 0.25) is 0 Å². The fourth-order valence-electron chi connectivity index (χ4n) is 1.17. The number of halogens is 1. The van der Waals surface area contributed by atoms with Crippen LogP contribution in [0.4, 0.5) is 4.39 Å². The van der Waals surface area contributed by atoms with Crippen molar-refractivity contribution in [2.45, 2.75) is 6.92 Å². The molecule has 1 aromatic carbocycles. The van der Waals surface area contributed by atoms with Crippen LogP contribution in [0.5, 0.6) is 0 Å².